The number of carbonyl (C=O) groups excluding carboxylic acids is 1. The van der Waals surface area contributed by atoms with E-state index in [0.29, 0.717) is 16.8 Å². The standard InChI is InChI=1S/C12H19N3OS/c1-3-9-11(17-15-14-9)12(16)13-10-7-5-4-6-8(10)2/h8,10H,3-7H2,1-2H3,(H,13,16). The summed E-state index contributed by atoms with van der Waals surface area (Å²) in [7, 11) is 0. The first-order valence-electron chi connectivity index (χ1n) is 6.34. The molecular formula is C12H19N3OS. The molecule has 2 rings (SSSR count). The van der Waals surface area contributed by atoms with Crippen LogP contribution < -0.4 is 5.32 Å². The summed E-state index contributed by atoms with van der Waals surface area (Å²) < 4.78 is 3.86. The van der Waals surface area contributed by atoms with Crippen molar-refractivity contribution in [3.63, 3.8) is 0 Å². The van der Waals surface area contributed by atoms with E-state index in [0.717, 1.165) is 18.5 Å². The molecule has 2 atom stereocenters. The summed E-state index contributed by atoms with van der Waals surface area (Å²) >= 11 is 1.20. The maximum atomic E-state index is 12.1. The molecule has 1 amide bonds. The first-order valence-corrected chi connectivity index (χ1v) is 7.11. The molecule has 17 heavy (non-hydrogen) atoms. The van der Waals surface area contributed by atoms with Crippen LogP contribution in [0.1, 0.15) is 54.9 Å². The molecule has 0 saturated heterocycles. The van der Waals surface area contributed by atoms with Crippen molar-refractivity contribution in [3.05, 3.63) is 10.6 Å². The van der Waals surface area contributed by atoms with Gasteiger partial charge in [0.05, 0.1) is 5.69 Å². The molecule has 1 fully saturated rings. The van der Waals surface area contributed by atoms with Crippen molar-refractivity contribution < 1.29 is 4.79 Å². The third-order valence-electron chi connectivity index (χ3n) is 3.52. The fourth-order valence-electron chi connectivity index (χ4n) is 2.38. The van der Waals surface area contributed by atoms with Crippen LogP contribution in [0, 0.1) is 5.92 Å². The molecular weight excluding hydrogens is 234 g/mol. The van der Waals surface area contributed by atoms with Crippen LogP contribution in [0.2, 0.25) is 0 Å². The summed E-state index contributed by atoms with van der Waals surface area (Å²) in [4.78, 5) is 12.8. The molecule has 1 saturated carbocycles. The Morgan fingerprint density at radius 3 is 2.94 bits per heavy atom. The Labute approximate surface area is 106 Å². The van der Waals surface area contributed by atoms with Gasteiger partial charge in [0.1, 0.15) is 4.88 Å². The molecule has 2 unspecified atom stereocenters. The zero-order chi connectivity index (χ0) is 12.3. The number of rotatable bonds is 3. The predicted molar refractivity (Wildman–Crippen MR) is 68.2 cm³/mol. The van der Waals surface area contributed by atoms with Crippen molar-refractivity contribution in [2.75, 3.05) is 0 Å². The molecule has 4 nitrogen and oxygen atoms in total. The van der Waals surface area contributed by atoms with Gasteiger partial charge in [-0.1, -0.05) is 31.2 Å². The van der Waals surface area contributed by atoms with Crippen LogP contribution in [-0.2, 0) is 6.42 Å². The van der Waals surface area contributed by atoms with Gasteiger partial charge in [-0.05, 0) is 36.7 Å². The maximum Gasteiger partial charge on any atom is 0.265 e. The molecule has 1 aliphatic rings. The summed E-state index contributed by atoms with van der Waals surface area (Å²) in [5.74, 6) is 0.592. The van der Waals surface area contributed by atoms with Crippen molar-refractivity contribution in [1.82, 2.24) is 14.9 Å². The van der Waals surface area contributed by atoms with Crippen LogP contribution in [0.15, 0.2) is 0 Å². The number of hydrogen-bond acceptors (Lipinski definition) is 4. The van der Waals surface area contributed by atoms with E-state index < -0.39 is 0 Å². The van der Waals surface area contributed by atoms with Crippen LogP contribution in [0.5, 0.6) is 0 Å². The number of hydrogen-bond donors (Lipinski definition) is 1. The highest BCUT2D eigenvalue weighted by Crippen LogP contribution is 2.24. The smallest absolute Gasteiger partial charge is 0.265 e. The fourth-order valence-corrected chi connectivity index (χ4v) is 3.03. The van der Waals surface area contributed by atoms with Crippen molar-refractivity contribution in [2.45, 2.75) is 52.0 Å². The highest BCUT2D eigenvalue weighted by molar-refractivity contribution is 7.08. The van der Waals surface area contributed by atoms with E-state index in [1.807, 2.05) is 6.92 Å². The minimum absolute atomic E-state index is 0.00981. The molecule has 1 aliphatic carbocycles. The van der Waals surface area contributed by atoms with Gasteiger partial charge < -0.3 is 5.32 Å². The summed E-state index contributed by atoms with van der Waals surface area (Å²) in [5, 5.41) is 7.11. The van der Waals surface area contributed by atoms with E-state index in [2.05, 4.69) is 21.8 Å². The van der Waals surface area contributed by atoms with E-state index in [4.69, 9.17) is 0 Å². The highest BCUT2D eigenvalue weighted by atomic mass is 32.1. The van der Waals surface area contributed by atoms with Crippen LogP contribution in [0.25, 0.3) is 0 Å². The summed E-state index contributed by atoms with van der Waals surface area (Å²) in [6.07, 6.45) is 5.58. The second kappa shape index (κ2) is 5.58. The van der Waals surface area contributed by atoms with Crippen molar-refractivity contribution in [3.8, 4) is 0 Å². The lowest BCUT2D eigenvalue weighted by atomic mass is 9.86. The Balaban J connectivity index is 2.01. The molecule has 0 aliphatic heterocycles. The predicted octanol–water partition coefficient (Wildman–Crippen LogP) is 2.41. The van der Waals surface area contributed by atoms with Gasteiger partial charge in [-0.25, -0.2) is 0 Å². The average molecular weight is 253 g/mol. The lowest BCUT2D eigenvalue weighted by Gasteiger charge is -2.29. The van der Waals surface area contributed by atoms with Crippen LogP contribution in [0.3, 0.4) is 0 Å². The molecule has 0 aromatic carbocycles. The zero-order valence-electron chi connectivity index (χ0n) is 10.4. The van der Waals surface area contributed by atoms with Crippen molar-refractivity contribution in [1.29, 1.82) is 0 Å². The van der Waals surface area contributed by atoms with Crippen molar-refractivity contribution in [2.24, 2.45) is 5.92 Å². The summed E-state index contributed by atoms with van der Waals surface area (Å²) in [6, 6.07) is 0.322. The molecule has 0 radical (unpaired) electrons. The highest BCUT2D eigenvalue weighted by Gasteiger charge is 2.25. The maximum absolute atomic E-state index is 12.1. The lowest BCUT2D eigenvalue weighted by molar-refractivity contribution is 0.0913. The van der Waals surface area contributed by atoms with E-state index in [9.17, 15) is 4.79 Å². The number of amides is 1. The number of aryl methyl sites for hydroxylation is 1. The van der Waals surface area contributed by atoms with E-state index >= 15 is 0 Å². The zero-order valence-corrected chi connectivity index (χ0v) is 11.2. The van der Waals surface area contributed by atoms with Gasteiger partial charge in [-0.15, -0.1) is 5.10 Å². The van der Waals surface area contributed by atoms with Gasteiger partial charge in [0.25, 0.3) is 5.91 Å². The van der Waals surface area contributed by atoms with Gasteiger partial charge in [0.2, 0.25) is 0 Å². The Morgan fingerprint density at radius 2 is 2.24 bits per heavy atom. The monoisotopic (exact) mass is 253 g/mol. The number of carbonyl (C=O) groups is 1. The lowest BCUT2D eigenvalue weighted by Crippen LogP contribution is -2.41. The van der Waals surface area contributed by atoms with Crippen molar-refractivity contribution >= 4 is 17.4 Å². The van der Waals surface area contributed by atoms with E-state index in [1.165, 1.54) is 30.8 Å². The molecule has 1 aromatic rings. The molecule has 1 heterocycles. The molecule has 1 N–H and O–H groups in total. The molecule has 0 bridgehead atoms. The number of aromatic nitrogens is 2. The Kier molecular flexibility index (Phi) is 4.10. The first-order chi connectivity index (χ1) is 8.22. The van der Waals surface area contributed by atoms with Crippen LogP contribution in [0.4, 0.5) is 0 Å². The number of nitrogens with one attached hydrogen (secondary N) is 1. The Hall–Kier alpha value is -0.970. The fraction of sp³-hybridized carbons (Fsp3) is 0.750. The number of nitrogens with zero attached hydrogens (tertiary/aromatic N) is 2. The van der Waals surface area contributed by atoms with Gasteiger partial charge >= 0.3 is 0 Å². The van der Waals surface area contributed by atoms with Gasteiger partial charge in [0, 0.05) is 6.04 Å². The molecule has 94 valence electrons. The first kappa shape index (κ1) is 12.5. The normalized spacial score (nSPS) is 24.6. The Bertz CT molecular complexity index is 391. The minimum Gasteiger partial charge on any atom is -0.348 e. The average Bonchev–Trinajstić information content (AvgIpc) is 2.80. The second-order valence-corrected chi connectivity index (χ2v) is 5.50. The molecule has 5 heteroatoms. The molecule has 0 spiro atoms. The SMILES string of the molecule is CCc1nnsc1C(=O)NC1CCCCC1C. The second-order valence-electron chi connectivity index (χ2n) is 4.74. The summed E-state index contributed by atoms with van der Waals surface area (Å²) in [5.41, 5.74) is 0.816. The third kappa shape index (κ3) is 2.83. The molecule has 1 aromatic heterocycles. The van der Waals surface area contributed by atoms with E-state index in [1.54, 1.807) is 0 Å². The quantitative estimate of drug-likeness (QED) is 0.900. The summed E-state index contributed by atoms with van der Waals surface area (Å²) in [6.45, 7) is 4.21. The topological polar surface area (TPSA) is 54.9 Å². The van der Waals surface area contributed by atoms with Gasteiger partial charge in [-0.2, -0.15) is 0 Å². The van der Waals surface area contributed by atoms with E-state index in [-0.39, 0.29) is 5.91 Å². The third-order valence-corrected chi connectivity index (χ3v) is 4.29. The largest absolute Gasteiger partial charge is 0.348 e. The minimum atomic E-state index is 0.00981. The van der Waals surface area contributed by atoms with Gasteiger partial charge in [0.15, 0.2) is 0 Å². The Morgan fingerprint density at radius 1 is 1.47 bits per heavy atom. The van der Waals surface area contributed by atoms with Crippen LogP contribution in [-0.4, -0.2) is 21.5 Å². The van der Waals surface area contributed by atoms with Gasteiger partial charge in [-0.3, -0.25) is 4.79 Å². The van der Waals surface area contributed by atoms with Crippen LogP contribution >= 0.6 is 11.5 Å².